The Morgan fingerprint density at radius 1 is 1.03 bits per heavy atom. The summed E-state index contributed by atoms with van der Waals surface area (Å²) in [5, 5.41) is 0. The largest absolute Gasteiger partial charge is 0.494 e. The van der Waals surface area contributed by atoms with Crippen LogP contribution in [0.5, 0.6) is 5.75 Å². The van der Waals surface area contributed by atoms with Crippen molar-refractivity contribution in [2.75, 3.05) is 45.9 Å². The maximum atomic E-state index is 13.5. The van der Waals surface area contributed by atoms with Crippen LogP contribution in [0.15, 0.2) is 29.2 Å². The molecule has 1 heterocycles. The minimum atomic E-state index is -3.76. The number of carbonyl (C=O) groups is 1. The lowest BCUT2D eigenvalue weighted by Gasteiger charge is -2.37. The van der Waals surface area contributed by atoms with Crippen molar-refractivity contribution in [3.05, 3.63) is 24.3 Å². The molecule has 8 heteroatoms. The highest BCUT2D eigenvalue weighted by atomic mass is 32.2. The molecule has 168 valence electrons. The Hall–Kier alpha value is -1.64. The first kappa shape index (κ1) is 23.0. The van der Waals surface area contributed by atoms with Crippen molar-refractivity contribution in [1.82, 2.24) is 14.1 Å². The Balaban J connectivity index is 1.78. The van der Waals surface area contributed by atoms with Gasteiger partial charge < -0.3 is 14.5 Å². The lowest BCUT2D eigenvalue weighted by Crippen LogP contribution is -2.53. The zero-order valence-corrected chi connectivity index (χ0v) is 19.1. The molecular weight excluding hydrogens is 402 g/mol. The number of sulfonamides is 1. The summed E-state index contributed by atoms with van der Waals surface area (Å²) >= 11 is 0. The number of hydrogen-bond acceptors (Lipinski definition) is 5. The zero-order chi connectivity index (χ0) is 21.6. The summed E-state index contributed by atoms with van der Waals surface area (Å²) in [5.74, 6) is 0.552. The molecule has 2 aliphatic rings. The SMILES string of the molecule is CCOc1ccc(S(=O)(=O)N(CC(=O)N2CCN(CC)CC2)C2CCCCC2)cc1. The number of carbonyl (C=O) groups excluding carboxylic acids is 1. The lowest BCUT2D eigenvalue weighted by atomic mass is 9.95. The molecular formula is C22H35N3O4S. The topological polar surface area (TPSA) is 70.2 Å². The summed E-state index contributed by atoms with van der Waals surface area (Å²) in [6, 6.07) is 6.42. The van der Waals surface area contributed by atoms with Gasteiger partial charge in [-0.1, -0.05) is 26.2 Å². The van der Waals surface area contributed by atoms with Gasteiger partial charge in [0.25, 0.3) is 0 Å². The number of benzene rings is 1. The third-order valence-corrected chi connectivity index (χ3v) is 8.10. The molecule has 7 nitrogen and oxygen atoms in total. The number of ether oxygens (including phenoxy) is 1. The molecule has 3 rings (SSSR count). The molecule has 1 aliphatic heterocycles. The third kappa shape index (κ3) is 5.53. The van der Waals surface area contributed by atoms with Crippen LogP contribution in [0, 0.1) is 0 Å². The van der Waals surface area contributed by atoms with Gasteiger partial charge in [-0.3, -0.25) is 4.79 Å². The van der Waals surface area contributed by atoms with Crippen LogP contribution in [0.1, 0.15) is 46.0 Å². The summed E-state index contributed by atoms with van der Waals surface area (Å²) < 4.78 is 34.0. The number of piperazine rings is 1. The molecule has 0 radical (unpaired) electrons. The van der Waals surface area contributed by atoms with E-state index in [1.54, 1.807) is 24.3 Å². The van der Waals surface area contributed by atoms with Crippen molar-refractivity contribution in [2.24, 2.45) is 0 Å². The number of likely N-dealkylation sites (N-methyl/N-ethyl adjacent to an activating group) is 1. The second kappa shape index (κ2) is 10.6. The van der Waals surface area contributed by atoms with Crippen molar-refractivity contribution in [3.8, 4) is 5.75 Å². The Kier molecular flexibility index (Phi) is 8.13. The van der Waals surface area contributed by atoms with Gasteiger partial charge in [-0.25, -0.2) is 8.42 Å². The van der Waals surface area contributed by atoms with E-state index in [0.29, 0.717) is 25.4 Å². The molecule has 2 fully saturated rings. The fourth-order valence-electron chi connectivity index (χ4n) is 4.34. The predicted octanol–water partition coefficient (Wildman–Crippen LogP) is 2.57. The van der Waals surface area contributed by atoms with E-state index in [9.17, 15) is 13.2 Å². The first-order valence-corrected chi connectivity index (χ1v) is 12.6. The molecule has 1 amide bonds. The van der Waals surface area contributed by atoms with Gasteiger partial charge >= 0.3 is 0 Å². The van der Waals surface area contributed by atoms with E-state index in [-0.39, 0.29) is 23.4 Å². The summed E-state index contributed by atoms with van der Waals surface area (Å²) in [6.07, 6.45) is 4.76. The van der Waals surface area contributed by atoms with Gasteiger partial charge in [0.2, 0.25) is 15.9 Å². The summed E-state index contributed by atoms with van der Waals surface area (Å²) in [4.78, 5) is 17.4. The highest BCUT2D eigenvalue weighted by Gasteiger charge is 2.35. The van der Waals surface area contributed by atoms with Gasteiger partial charge in [-0.15, -0.1) is 0 Å². The standard InChI is InChI=1S/C22H35N3O4S/c1-3-23-14-16-24(17-15-23)22(26)18-25(19-8-6-5-7-9-19)30(27,28)21-12-10-20(11-13-21)29-4-2/h10-13,19H,3-9,14-18H2,1-2H3. The van der Waals surface area contributed by atoms with E-state index in [0.717, 1.165) is 51.7 Å². The van der Waals surface area contributed by atoms with Gasteiger partial charge in [0.05, 0.1) is 18.0 Å². The first-order valence-electron chi connectivity index (χ1n) is 11.2. The van der Waals surface area contributed by atoms with Crippen LogP contribution in [0.25, 0.3) is 0 Å². The molecule has 1 aromatic rings. The third-order valence-electron chi connectivity index (χ3n) is 6.19. The van der Waals surface area contributed by atoms with E-state index in [1.807, 2.05) is 11.8 Å². The second-order valence-electron chi connectivity index (χ2n) is 8.06. The van der Waals surface area contributed by atoms with Crippen molar-refractivity contribution < 1.29 is 17.9 Å². The Bertz CT molecular complexity index is 783. The zero-order valence-electron chi connectivity index (χ0n) is 18.3. The Morgan fingerprint density at radius 3 is 2.23 bits per heavy atom. The van der Waals surface area contributed by atoms with Crippen LogP contribution in [-0.2, 0) is 14.8 Å². The molecule has 0 atom stereocenters. The number of hydrogen-bond donors (Lipinski definition) is 0. The molecule has 0 aromatic heterocycles. The van der Waals surface area contributed by atoms with Crippen LogP contribution in [0.2, 0.25) is 0 Å². The molecule has 1 aliphatic carbocycles. The van der Waals surface area contributed by atoms with Crippen LogP contribution >= 0.6 is 0 Å². The van der Waals surface area contributed by atoms with E-state index in [1.165, 1.54) is 4.31 Å². The second-order valence-corrected chi connectivity index (χ2v) is 9.95. The molecule has 0 N–H and O–H groups in total. The van der Waals surface area contributed by atoms with Crippen LogP contribution in [0.3, 0.4) is 0 Å². The van der Waals surface area contributed by atoms with Gasteiger partial charge in [0.1, 0.15) is 5.75 Å². The minimum absolute atomic E-state index is 0.0770. The molecule has 1 aromatic carbocycles. The number of nitrogens with zero attached hydrogens (tertiary/aromatic N) is 3. The average Bonchev–Trinajstić information content (AvgIpc) is 2.78. The van der Waals surface area contributed by atoms with Crippen LogP contribution in [-0.4, -0.2) is 80.3 Å². The molecule has 30 heavy (non-hydrogen) atoms. The van der Waals surface area contributed by atoms with Gasteiger partial charge in [0.15, 0.2) is 0 Å². The molecule has 0 bridgehead atoms. The maximum Gasteiger partial charge on any atom is 0.243 e. The smallest absolute Gasteiger partial charge is 0.243 e. The molecule has 0 unspecified atom stereocenters. The summed E-state index contributed by atoms with van der Waals surface area (Å²) in [5.41, 5.74) is 0. The van der Waals surface area contributed by atoms with Gasteiger partial charge in [-0.2, -0.15) is 4.31 Å². The monoisotopic (exact) mass is 437 g/mol. The van der Waals surface area contributed by atoms with E-state index >= 15 is 0 Å². The van der Waals surface area contributed by atoms with Crippen molar-refractivity contribution in [2.45, 2.75) is 56.9 Å². The Morgan fingerprint density at radius 2 is 1.67 bits per heavy atom. The predicted molar refractivity (Wildman–Crippen MR) is 117 cm³/mol. The van der Waals surface area contributed by atoms with Gasteiger partial charge in [-0.05, 0) is 50.6 Å². The fourth-order valence-corrected chi connectivity index (χ4v) is 5.97. The van der Waals surface area contributed by atoms with Gasteiger partial charge in [0, 0.05) is 32.2 Å². The van der Waals surface area contributed by atoms with E-state index in [4.69, 9.17) is 4.74 Å². The summed E-state index contributed by atoms with van der Waals surface area (Å²) in [7, 11) is -3.76. The highest BCUT2D eigenvalue weighted by Crippen LogP contribution is 2.29. The molecule has 1 saturated carbocycles. The van der Waals surface area contributed by atoms with E-state index in [2.05, 4.69) is 11.8 Å². The van der Waals surface area contributed by atoms with Crippen LogP contribution in [0.4, 0.5) is 0 Å². The van der Waals surface area contributed by atoms with Crippen LogP contribution < -0.4 is 4.74 Å². The van der Waals surface area contributed by atoms with Crippen molar-refractivity contribution in [1.29, 1.82) is 0 Å². The van der Waals surface area contributed by atoms with Crippen molar-refractivity contribution >= 4 is 15.9 Å². The quantitative estimate of drug-likeness (QED) is 0.625. The van der Waals surface area contributed by atoms with Crippen molar-refractivity contribution in [3.63, 3.8) is 0 Å². The fraction of sp³-hybridized carbons (Fsp3) is 0.682. The first-order chi connectivity index (χ1) is 14.5. The average molecular weight is 438 g/mol. The lowest BCUT2D eigenvalue weighted by molar-refractivity contribution is -0.133. The number of amides is 1. The normalized spacial score (nSPS) is 19.2. The minimum Gasteiger partial charge on any atom is -0.494 e. The molecule has 1 saturated heterocycles. The Labute approximate surface area is 181 Å². The molecule has 0 spiro atoms. The maximum absolute atomic E-state index is 13.5. The highest BCUT2D eigenvalue weighted by molar-refractivity contribution is 7.89. The summed E-state index contributed by atoms with van der Waals surface area (Å²) in [6.45, 7) is 8.44. The number of rotatable bonds is 8. The van der Waals surface area contributed by atoms with E-state index < -0.39 is 10.0 Å².